The molecular weight excluding hydrogens is 132 g/mol. The van der Waals surface area contributed by atoms with Gasteiger partial charge in [0.15, 0.2) is 0 Å². The zero-order valence-electron chi connectivity index (χ0n) is 6.18. The Bertz CT molecular complexity index is 256. The molecule has 0 spiro atoms. The van der Waals surface area contributed by atoms with E-state index in [2.05, 4.69) is 0 Å². The van der Waals surface area contributed by atoms with Crippen LogP contribution in [0.25, 0.3) is 0 Å². The summed E-state index contributed by atoms with van der Waals surface area (Å²) >= 11 is 0. The maximum Gasteiger partial charge on any atom is 0.724 e. The van der Waals surface area contributed by atoms with Gasteiger partial charge in [0.05, 0.1) is 0 Å². The van der Waals surface area contributed by atoms with Crippen LogP contribution in [0.5, 0.6) is 0 Å². The molecule has 10 heavy (non-hydrogen) atoms. The fraction of sp³-hybridized carbons (Fsp3) is 0.571. The monoisotopic (exact) mass is 143 g/mol. The molecule has 0 saturated heterocycles. The molecule has 0 aliphatic carbocycles. The lowest BCUT2D eigenvalue weighted by Crippen LogP contribution is -1.90. The quantitative estimate of drug-likeness (QED) is 0.583. The average Bonchev–Trinajstić information content (AvgIpc) is 2.13. The second-order valence-electron chi connectivity index (χ2n) is 2.20. The molecule has 1 aromatic heterocycles. The largest absolute Gasteiger partial charge is 0.724 e. The predicted octanol–water partition coefficient (Wildman–Crippen LogP) is 1.14. The molecule has 1 heterocycles. The van der Waals surface area contributed by atoms with E-state index in [1.807, 2.05) is 6.92 Å². The molecule has 3 nitrogen and oxygen atoms in total. The molecule has 0 aliphatic rings. The highest BCUT2D eigenvalue weighted by molar-refractivity contribution is 4.99. The third-order valence-electron chi connectivity index (χ3n) is 1.32. The maximum absolute atomic E-state index is 8.73. The van der Waals surface area contributed by atoms with E-state index in [1.165, 1.54) is 0 Å². The first kappa shape index (κ1) is 7.12. The number of hydrogen-bond acceptors (Lipinski definition) is 2. The van der Waals surface area contributed by atoms with E-state index in [4.69, 9.17) is 13.6 Å². The first-order chi connectivity index (χ1) is 4.74. The van der Waals surface area contributed by atoms with Gasteiger partial charge in [-0.05, 0) is 6.42 Å². The molecule has 3 heteroatoms. The minimum absolute atomic E-state index is 0.346. The normalized spacial score (nSPS) is 10.2. The summed E-state index contributed by atoms with van der Waals surface area (Å²) in [5.41, 5.74) is 0. The van der Waals surface area contributed by atoms with Gasteiger partial charge in [-0.3, -0.25) is 8.83 Å². The van der Waals surface area contributed by atoms with Crippen molar-refractivity contribution in [2.45, 2.75) is 26.7 Å². The molecule has 56 valence electrons. The molecule has 1 N–H and O–H groups in total. The van der Waals surface area contributed by atoms with Crippen LogP contribution in [-0.4, -0.2) is 4.79 Å². The SMILES string of the molecule is CCCc1oc(=[OH+])oc1C. The molecule has 0 aliphatic heterocycles. The van der Waals surface area contributed by atoms with Crippen molar-refractivity contribution in [2.24, 2.45) is 0 Å². The highest BCUT2D eigenvalue weighted by atomic mass is 16.6. The highest BCUT2D eigenvalue weighted by Gasteiger charge is 2.14. The summed E-state index contributed by atoms with van der Waals surface area (Å²) in [5, 5.41) is 0. The Kier molecular flexibility index (Phi) is 1.94. The predicted molar refractivity (Wildman–Crippen MR) is 34.8 cm³/mol. The van der Waals surface area contributed by atoms with Crippen LogP contribution in [-0.2, 0) is 6.42 Å². The van der Waals surface area contributed by atoms with E-state index in [0.29, 0.717) is 5.76 Å². The number of hydrogen-bond donors (Lipinski definition) is 0. The van der Waals surface area contributed by atoms with Crippen molar-refractivity contribution in [3.63, 3.8) is 0 Å². The van der Waals surface area contributed by atoms with Gasteiger partial charge in [0.25, 0.3) is 0 Å². The lowest BCUT2D eigenvalue weighted by molar-refractivity contribution is 0.241. The van der Waals surface area contributed by atoms with E-state index in [9.17, 15) is 0 Å². The van der Waals surface area contributed by atoms with Crippen LogP contribution in [0.15, 0.2) is 8.83 Å². The van der Waals surface area contributed by atoms with Crippen molar-refractivity contribution >= 4 is 0 Å². The van der Waals surface area contributed by atoms with Crippen LogP contribution in [0.3, 0.4) is 0 Å². The summed E-state index contributed by atoms with van der Waals surface area (Å²) in [6.45, 7) is 3.81. The fourth-order valence-electron chi connectivity index (χ4n) is 0.840. The van der Waals surface area contributed by atoms with Crippen molar-refractivity contribution < 1.29 is 13.6 Å². The topological polar surface area (TPSA) is 47.7 Å². The van der Waals surface area contributed by atoms with Crippen LogP contribution in [0.1, 0.15) is 24.9 Å². The van der Waals surface area contributed by atoms with Gasteiger partial charge in [0.1, 0.15) is 0 Å². The van der Waals surface area contributed by atoms with Crippen molar-refractivity contribution in [3.05, 3.63) is 17.3 Å². The fourth-order valence-corrected chi connectivity index (χ4v) is 0.840. The van der Waals surface area contributed by atoms with E-state index >= 15 is 0 Å². The molecule has 1 rings (SSSR count). The summed E-state index contributed by atoms with van der Waals surface area (Å²) in [6.07, 6.45) is 1.80. The van der Waals surface area contributed by atoms with Crippen LogP contribution < -0.4 is 5.82 Å². The smallest absolute Gasteiger partial charge is 0.336 e. The van der Waals surface area contributed by atoms with E-state index in [0.717, 1.165) is 18.6 Å². The highest BCUT2D eigenvalue weighted by Crippen LogP contribution is 2.06. The molecule has 1 aromatic rings. The van der Waals surface area contributed by atoms with Gasteiger partial charge < -0.3 is 4.79 Å². The van der Waals surface area contributed by atoms with Crippen LogP contribution >= 0.6 is 0 Å². The Labute approximate surface area is 58.7 Å². The molecule has 0 amide bonds. The molecule has 0 bridgehead atoms. The van der Waals surface area contributed by atoms with Gasteiger partial charge in [-0.2, -0.15) is 0 Å². The Morgan fingerprint density at radius 2 is 2.10 bits per heavy atom. The number of rotatable bonds is 2. The van der Waals surface area contributed by atoms with Crippen molar-refractivity contribution in [1.29, 1.82) is 0 Å². The molecule has 0 saturated carbocycles. The molecule has 0 radical (unpaired) electrons. The van der Waals surface area contributed by atoms with Crippen LogP contribution in [0.4, 0.5) is 0 Å². The maximum atomic E-state index is 8.73. The summed E-state index contributed by atoms with van der Waals surface area (Å²) < 4.78 is 9.60. The zero-order valence-corrected chi connectivity index (χ0v) is 6.18. The standard InChI is InChI=1S/C7H10O3/c1-3-4-6-5(2)9-7(8)10-6/h3-4H2,1-2H3/p+1. The zero-order chi connectivity index (χ0) is 7.56. The van der Waals surface area contributed by atoms with Gasteiger partial charge in [-0.1, -0.05) is 6.92 Å². The van der Waals surface area contributed by atoms with Gasteiger partial charge in [-0.25, -0.2) is 0 Å². The minimum atomic E-state index is -0.346. The van der Waals surface area contributed by atoms with Gasteiger partial charge in [0.2, 0.25) is 11.5 Å². The van der Waals surface area contributed by atoms with Crippen molar-refractivity contribution in [1.82, 2.24) is 0 Å². The molecule has 0 aromatic carbocycles. The Balaban J connectivity index is 2.92. The number of aryl methyl sites for hydroxylation is 2. The van der Waals surface area contributed by atoms with Crippen LogP contribution in [0.2, 0.25) is 0 Å². The van der Waals surface area contributed by atoms with E-state index < -0.39 is 0 Å². The summed E-state index contributed by atoms with van der Waals surface area (Å²) in [4.78, 5) is 8.73. The second kappa shape index (κ2) is 2.73. The van der Waals surface area contributed by atoms with Crippen LogP contribution in [0, 0.1) is 6.92 Å². The summed E-state index contributed by atoms with van der Waals surface area (Å²) in [7, 11) is 0. The lowest BCUT2D eigenvalue weighted by Gasteiger charge is -1.81. The van der Waals surface area contributed by atoms with Crippen molar-refractivity contribution in [2.75, 3.05) is 0 Å². The molecule has 0 fully saturated rings. The minimum Gasteiger partial charge on any atom is -0.336 e. The average molecular weight is 143 g/mol. The van der Waals surface area contributed by atoms with Crippen molar-refractivity contribution in [3.8, 4) is 0 Å². The molecule has 0 unspecified atom stereocenters. The first-order valence-corrected chi connectivity index (χ1v) is 3.35. The molecular formula is C7H11O3+. The van der Waals surface area contributed by atoms with Gasteiger partial charge in [0, 0.05) is 13.3 Å². The Morgan fingerprint density at radius 3 is 2.50 bits per heavy atom. The lowest BCUT2D eigenvalue weighted by atomic mass is 10.2. The second-order valence-corrected chi connectivity index (χ2v) is 2.20. The third-order valence-corrected chi connectivity index (χ3v) is 1.32. The first-order valence-electron chi connectivity index (χ1n) is 3.35. The third kappa shape index (κ3) is 1.29. The van der Waals surface area contributed by atoms with Gasteiger partial charge >= 0.3 is 5.82 Å². The Hall–Kier alpha value is -0.990. The summed E-state index contributed by atoms with van der Waals surface area (Å²) in [5.74, 6) is 1.06. The molecule has 0 atom stereocenters. The van der Waals surface area contributed by atoms with E-state index in [1.54, 1.807) is 6.92 Å². The van der Waals surface area contributed by atoms with E-state index in [-0.39, 0.29) is 5.82 Å². The van der Waals surface area contributed by atoms with Gasteiger partial charge in [-0.15, -0.1) is 0 Å². The summed E-state index contributed by atoms with van der Waals surface area (Å²) in [6, 6.07) is 0. The Morgan fingerprint density at radius 1 is 1.40 bits per heavy atom.